The summed E-state index contributed by atoms with van der Waals surface area (Å²) in [6.45, 7) is 4.78. The molecule has 0 aliphatic heterocycles. The Bertz CT molecular complexity index is 868. The maximum atomic E-state index is 6.17. The van der Waals surface area contributed by atoms with Gasteiger partial charge in [0.2, 0.25) is 0 Å². The molecule has 1 unspecified atom stereocenters. The SMILES string of the molecule is COc1cc2nc(C(C)N)n(Cc3ccccc3C)c2cc1OC. The van der Waals surface area contributed by atoms with Gasteiger partial charge in [-0.2, -0.15) is 0 Å². The minimum absolute atomic E-state index is 0.168. The van der Waals surface area contributed by atoms with Crippen molar-refractivity contribution >= 4 is 11.0 Å². The quantitative estimate of drug-likeness (QED) is 0.780. The zero-order valence-corrected chi connectivity index (χ0v) is 14.5. The number of nitrogens with two attached hydrogens (primary N) is 1. The fourth-order valence-corrected chi connectivity index (χ4v) is 2.94. The maximum Gasteiger partial charge on any atom is 0.163 e. The average molecular weight is 325 g/mol. The van der Waals surface area contributed by atoms with E-state index in [1.165, 1.54) is 11.1 Å². The summed E-state index contributed by atoms with van der Waals surface area (Å²) in [6.07, 6.45) is 0. The number of benzene rings is 2. The molecule has 0 saturated heterocycles. The van der Waals surface area contributed by atoms with Gasteiger partial charge in [-0.15, -0.1) is 0 Å². The van der Waals surface area contributed by atoms with Crippen LogP contribution in [0, 0.1) is 6.92 Å². The molecule has 3 aromatic rings. The van der Waals surface area contributed by atoms with E-state index in [4.69, 9.17) is 20.2 Å². The van der Waals surface area contributed by atoms with E-state index in [0.29, 0.717) is 11.5 Å². The third kappa shape index (κ3) is 2.83. The van der Waals surface area contributed by atoms with Crippen molar-refractivity contribution in [1.29, 1.82) is 0 Å². The van der Waals surface area contributed by atoms with Gasteiger partial charge >= 0.3 is 0 Å². The third-order valence-electron chi connectivity index (χ3n) is 4.28. The number of ether oxygens (including phenoxy) is 2. The van der Waals surface area contributed by atoms with Crippen LogP contribution >= 0.6 is 0 Å². The Balaban J connectivity index is 2.20. The van der Waals surface area contributed by atoms with Gasteiger partial charge < -0.3 is 19.8 Å². The van der Waals surface area contributed by atoms with Crippen LogP contribution in [0.3, 0.4) is 0 Å². The van der Waals surface area contributed by atoms with Crippen LogP contribution in [0.4, 0.5) is 0 Å². The lowest BCUT2D eigenvalue weighted by atomic mass is 10.1. The highest BCUT2D eigenvalue weighted by atomic mass is 16.5. The van der Waals surface area contributed by atoms with Crippen LogP contribution in [0.25, 0.3) is 11.0 Å². The average Bonchev–Trinajstić information content (AvgIpc) is 2.93. The minimum atomic E-state index is -0.168. The van der Waals surface area contributed by atoms with Crippen LogP contribution in [0.15, 0.2) is 36.4 Å². The van der Waals surface area contributed by atoms with Gasteiger partial charge in [0.05, 0.1) is 31.3 Å². The van der Waals surface area contributed by atoms with Gasteiger partial charge in [-0.3, -0.25) is 0 Å². The lowest BCUT2D eigenvalue weighted by molar-refractivity contribution is 0.355. The molecule has 0 spiro atoms. The second-order valence-electron chi connectivity index (χ2n) is 5.97. The fourth-order valence-electron chi connectivity index (χ4n) is 2.94. The monoisotopic (exact) mass is 325 g/mol. The van der Waals surface area contributed by atoms with Gasteiger partial charge in [0.1, 0.15) is 5.82 Å². The summed E-state index contributed by atoms with van der Waals surface area (Å²) in [6, 6.07) is 12.0. The highest BCUT2D eigenvalue weighted by Crippen LogP contribution is 2.33. The number of fused-ring (bicyclic) bond motifs is 1. The molecule has 3 rings (SSSR count). The number of hydrogen-bond acceptors (Lipinski definition) is 4. The maximum absolute atomic E-state index is 6.17. The largest absolute Gasteiger partial charge is 0.493 e. The molecule has 0 amide bonds. The number of methoxy groups -OCH3 is 2. The summed E-state index contributed by atoms with van der Waals surface area (Å²) in [5.41, 5.74) is 10.5. The first-order chi connectivity index (χ1) is 11.5. The molecule has 0 aliphatic carbocycles. The first kappa shape index (κ1) is 16.3. The molecule has 1 heterocycles. The van der Waals surface area contributed by atoms with Crippen molar-refractivity contribution in [2.45, 2.75) is 26.4 Å². The second-order valence-corrected chi connectivity index (χ2v) is 5.97. The fraction of sp³-hybridized carbons (Fsp3) is 0.316. The van der Waals surface area contributed by atoms with Crippen LogP contribution in [0.5, 0.6) is 11.5 Å². The van der Waals surface area contributed by atoms with Gasteiger partial charge in [0.25, 0.3) is 0 Å². The van der Waals surface area contributed by atoms with Crippen LogP contribution in [-0.2, 0) is 6.54 Å². The molecule has 0 fully saturated rings. The standard InChI is InChI=1S/C19H23N3O2/c1-12-7-5-6-8-14(12)11-22-16-10-18(24-4)17(23-3)9-15(16)21-19(22)13(2)20/h5-10,13H,11,20H2,1-4H3. The first-order valence-corrected chi connectivity index (χ1v) is 7.97. The molecule has 2 N–H and O–H groups in total. The molecule has 1 aromatic heterocycles. The van der Waals surface area contributed by atoms with Gasteiger partial charge in [-0.25, -0.2) is 4.98 Å². The molecule has 2 aromatic carbocycles. The molecule has 0 bridgehead atoms. The Morgan fingerprint density at radius 3 is 2.42 bits per heavy atom. The van der Waals surface area contributed by atoms with Crippen molar-refractivity contribution in [1.82, 2.24) is 9.55 Å². The van der Waals surface area contributed by atoms with E-state index < -0.39 is 0 Å². The molecule has 5 nitrogen and oxygen atoms in total. The number of hydrogen-bond donors (Lipinski definition) is 1. The van der Waals surface area contributed by atoms with Crippen molar-refractivity contribution in [2.75, 3.05) is 14.2 Å². The molecule has 126 valence electrons. The summed E-state index contributed by atoms with van der Waals surface area (Å²) in [5, 5.41) is 0. The Morgan fingerprint density at radius 2 is 1.79 bits per heavy atom. The minimum Gasteiger partial charge on any atom is -0.493 e. The van der Waals surface area contributed by atoms with E-state index in [-0.39, 0.29) is 6.04 Å². The number of imidazole rings is 1. The number of rotatable bonds is 5. The van der Waals surface area contributed by atoms with E-state index in [9.17, 15) is 0 Å². The highest BCUT2D eigenvalue weighted by Gasteiger charge is 2.18. The van der Waals surface area contributed by atoms with E-state index in [2.05, 4.69) is 29.7 Å². The zero-order valence-electron chi connectivity index (χ0n) is 14.5. The number of aryl methyl sites for hydroxylation is 1. The van der Waals surface area contributed by atoms with Gasteiger partial charge in [0.15, 0.2) is 11.5 Å². The summed E-state index contributed by atoms with van der Waals surface area (Å²) in [7, 11) is 3.26. The van der Waals surface area contributed by atoms with E-state index in [1.807, 2.05) is 25.1 Å². The van der Waals surface area contributed by atoms with Crippen molar-refractivity contribution in [3.8, 4) is 11.5 Å². The van der Waals surface area contributed by atoms with E-state index >= 15 is 0 Å². The van der Waals surface area contributed by atoms with Crippen LogP contribution in [-0.4, -0.2) is 23.8 Å². The molecular weight excluding hydrogens is 302 g/mol. The number of nitrogens with zero attached hydrogens (tertiary/aromatic N) is 2. The zero-order chi connectivity index (χ0) is 17.3. The predicted octanol–water partition coefficient (Wildman–Crippen LogP) is 3.43. The topological polar surface area (TPSA) is 62.3 Å². The second kappa shape index (κ2) is 6.53. The summed E-state index contributed by atoms with van der Waals surface area (Å²) in [4.78, 5) is 4.72. The lowest BCUT2D eigenvalue weighted by Crippen LogP contribution is -2.14. The van der Waals surface area contributed by atoms with E-state index in [1.54, 1.807) is 14.2 Å². The summed E-state index contributed by atoms with van der Waals surface area (Å²) < 4.78 is 13.0. The van der Waals surface area contributed by atoms with Crippen molar-refractivity contribution in [3.05, 3.63) is 53.3 Å². The van der Waals surface area contributed by atoms with Crippen LogP contribution in [0.2, 0.25) is 0 Å². The van der Waals surface area contributed by atoms with Crippen LogP contribution < -0.4 is 15.2 Å². The van der Waals surface area contributed by atoms with Crippen molar-refractivity contribution in [2.24, 2.45) is 5.73 Å². The van der Waals surface area contributed by atoms with Crippen molar-refractivity contribution in [3.63, 3.8) is 0 Å². The third-order valence-corrected chi connectivity index (χ3v) is 4.28. The lowest BCUT2D eigenvalue weighted by Gasteiger charge is -2.14. The molecule has 24 heavy (non-hydrogen) atoms. The molecule has 0 saturated carbocycles. The first-order valence-electron chi connectivity index (χ1n) is 7.97. The highest BCUT2D eigenvalue weighted by molar-refractivity contribution is 5.81. The predicted molar refractivity (Wildman–Crippen MR) is 95.7 cm³/mol. The summed E-state index contributed by atoms with van der Waals surface area (Å²) >= 11 is 0. The van der Waals surface area contributed by atoms with Crippen LogP contribution in [0.1, 0.15) is 29.9 Å². The molecular formula is C19H23N3O2. The van der Waals surface area contributed by atoms with Gasteiger partial charge in [0, 0.05) is 18.7 Å². The molecule has 1 atom stereocenters. The molecule has 0 aliphatic rings. The Hall–Kier alpha value is -2.53. The van der Waals surface area contributed by atoms with Gasteiger partial charge in [-0.1, -0.05) is 24.3 Å². The molecule has 0 radical (unpaired) electrons. The number of aromatic nitrogens is 2. The summed E-state index contributed by atoms with van der Waals surface area (Å²) in [5.74, 6) is 2.21. The Labute approximate surface area is 142 Å². The van der Waals surface area contributed by atoms with E-state index in [0.717, 1.165) is 23.4 Å². The van der Waals surface area contributed by atoms with Crippen molar-refractivity contribution < 1.29 is 9.47 Å². The van der Waals surface area contributed by atoms with Gasteiger partial charge in [-0.05, 0) is 25.0 Å². The normalized spacial score (nSPS) is 12.4. The molecule has 5 heteroatoms. The Morgan fingerprint density at radius 1 is 1.12 bits per heavy atom. The smallest absolute Gasteiger partial charge is 0.163 e. The Kier molecular flexibility index (Phi) is 4.44.